The maximum atomic E-state index is 12.3. The lowest BCUT2D eigenvalue weighted by atomic mass is 9.97. The first-order valence-electron chi connectivity index (χ1n) is 6.41. The largest absolute Gasteiger partial charge is 0.328 e. The van der Waals surface area contributed by atoms with Crippen molar-refractivity contribution in [1.29, 1.82) is 0 Å². The third kappa shape index (κ3) is 3.23. The lowest BCUT2D eigenvalue weighted by Crippen LogP contribution is -2.55. The number of carbonyl (C=O) groups excluding carboxylic acids is 1. The number of rotatable bonds is 5. The van der Waals surface area contributed by atoms with E-state index < -0.39 is 0 Å². The van der Waals surface area contributed by atoms with Gasteiger partial charge in [0.2, 0.25) is 0 Å². The zero-order valence-corrected chi connectivity index (χ0v) is 11.4. The Morgan fingerprint density at radius 1 is 1.33 bits per heavy atom. The van der Waals surface area contributed by atoms with E-state index in [9.17, 15) is 4.79 Å². The first-order valence-corrected chi connectivity index (χ1v) is 6.41. The fraction of sp³-hybridized carbons (Fsp3) is 0.500. The first-order chi connectivity index (χ1) is 8.57. The minimum absolute atomic E-state index is 0.0986. The van der Waals surface area contributed by atoms with Crippen molar-refractivity contribution in [2.45, 2.75) is 32.7 Å². The van der Waals surface area contributed by atoms with Gasteiger partial charge in [0.05, 0.1) is 5.54 Å². The van der Waals surface area contributed by atoms with Crippen molar-refractivity contribution in [2.75, 3.05) is 18.4 Å². The average Bonchev–Trinajstić information content (AvgIpc) is 2.40. The van der Waals surface area contributed by atoms with Gasteiger partial charge in [-0.3, -0.25) is 0 Å². The van der Waals surface area contributed by atoms with E-state index >= 15 is 0 Å². The van der Waals surface area contributed by atoms with Crippen LogP contribution in [-0.4, -0.2) is 29.6 Å². The van der Waals surface area contributed by atoms with Gasteiger partial charge in [-0.05, 0) is 32.4 Å². The van der Waals surface area contributed by atoms with Crippen LogP contribution < -0.4 is 11.1 Å². The molecule has 1 aromatic carbocycles. The molecule has 0 saturated carbocycles. The lowest BCUT2D eigenvalue weighted by molar-refractivity contribution is 0.140. The fourth-order valence-corrected chi connectivity index (χ4v) is 1.93. The van der Waals surface area contributed by atoms with E-state index in [1.807, 2.05) is 51.1 Å². The van der Waals surface area contributed by atoms with Crippen LogP contribution in [0.4, 0.5) is 10.5 Å². The molecule has 1 aromatic rings. The maximum Gasteiger partial charge on any atom is 0.322 e. The number of hydrogen-bond acceptors (Lipinski definition) is 2. The summed E-state index contributed by atoms with van der Waals surface area (Å²) in [6.07, 6.45) is 0.833. The summed E-state index contributed by atoms with van der Waals surface area (Å²) in [4.78, 5) is 14.1. The maximum absolute atomic E-state index is 12.3. The van der Waals surface area contributed by atoms with Crippen molar-refractivity contribution in [2.24, 2.45) is 5.73 Å². The van der Waals surface area contributed by atoms with Crippen LogP contribution in [0.1, 0.15) is 27.2 Å². The lowest BCUT2D eigenvalue weighted by Gasteiger charge is -2.39. The minimum Gasteiger partial charge on any atom is -0.328 e. The Hall–Kier alpha value is -1.55. The molecule has 100 valence electrons. The highest BCUT2D eigenvalue weighted by Gasteiger charge is 2.31. The molecule has 0 heterocycles. The normalized spacial score (nSPS) is 13.8. The summed E-state index contributed by atoms with van der Waals surface area (Å²) in [6.45, 7) is 7.13. The molecule has 1 unspecified atom stereocenters. The molecule has 18 heavy (non-hydrogen) atoms. The summed E-state index contributed by atoms with van der Waals surface area (Å²) in [6, 6.07) is 9.36. The van der Waals surface area contributed by atoms with E-state index in [4.69, 9.17) is 5.73 Å². The number of benzene rings is 1. The number of nitrogens with zero attached hydrogens (tertiary/aromatic N) is 1. The van der Waals surface area contributed by atoms with Gasteiger partial charge in [-0.1, -0.05) is 25.1 Å². The Morgan fingerprint density at radius 2 is 1.94 bits per heavy atom. The molecule has 0 bridgehead atoms. The molecule has 4 heteroatoms. The van der Waals surface area contributed by atoms with E-state index in [2.05, 4.69) is 5.32 Å². The van der Waals surface area contributed by atoms with Crippen LogP contribution >= 0.6 is 0 Å². The van der Waals surface area contributed by atoms with Crippen molar-refractivity contribution < 1.29 is 4.79 Å². The summed E-state index contributed by atoms with van der Waals surface area (Å²) in [7, 11) is 0. The molecule has 0 aliphatic carbocycles. The van der Waals surface area contributed by atoms with Crippen LogP contribution in [0.5, 0.6) is 0 Å². The predicted molar refractivity (Wildman–Crippen MR) is 75.6 cm³/mol. The van der Waals surface area contributed by atoms with E-state index in [0.29, 0.717) is 13.1 Å². The monoisotopic (exact) mass is 249 g/mol. The Labute approximate surface area is 109 Å². The molecule has 3 N–H and O–H groups in total. The quantitative estimate of drug-likeness (QED) is 0.843. The summed E-state index contributed by atoms with van der Waals surface area (Å²) >= 11 is 0. The Kier molecular flexibility index (Phi) is 5.16. The molecule has 0 aliphatic heterocycles. The molecular formula is C14H23N3O. The molecule has 2 amide bonds. The van der Waals surface area contributed by atoms with Gasteiger partial charge in [0.1, 0.15) is 0 Å². The van der Waals surface area contributed by atoms with Gasteiger partial charge in [0.25, 0.3) is 0 Å². The highest BCUT2D eigenvalue weighted by Crippen LogP contribution is 2.19. The highest BCUT2D eigenvalue weighted by molar-refractivity contribution is 5.89. The number of amides is 2. The van der Waals surface area contributed by atoms with Crippen molar-refractivity contribution in [3.05, 3.63) is 30.3 Å². The fourth-order valence-electron chi connectivity index (χ4n) is 1.93. The van der Waals surface area contributed by atoms with Gasteiger partial charge in [-0.2, -0.15) is 0 Å². The van der Waals surface area contributed by atoms with Crippen LogP contribution in [0.25, 0.3) is 0 Å². The Balaban J connectivity index is 2.80. The number of nitrogens with one attached hydrogen (secondary N) is 1. The van der Waals surface area contributed by atoms with Gasteiger partial charge >= 0.3 is 6.03 Å². The number of urea groups is 1. The topological polar surface area (TPSA) is 58.4 Å². The number of likely N-dealkylation sites (N-methyl/N-ethyl adjacent to an activating group) is 1. The molecule has 0 spiro atoms. The molecule has 0 radical (unpaired) electrons. The number of carbonyl (C=O) groups is 1. The average molecular weight is 249 g/mol. The molecule has 0 fully saturated rings. The standard InChI is InChI=1S/C14H23N3O/c1-4-14(3,11-15)17(5-2)13(18)16-12-9-7-6-8-10-12/h6-10H,4-5,11,15H2,1-3H3,(H,16,18). The molecule has 4 nitrogen and oxygen atoms in total. The van der Waals surface area contributed by atoms with Crippen LogP contribution in [0.3, 0.4) is 0 Å². The second-order valence-electron chi connectivity index (χ2n) is 4.60. The van der Waals surface area contributed by atoms with Crippen LogP contribution in [0.15, 0.2) is 30.3 Å². The van der Waals surface area contributed by atoms with E-state index in [1.54, 1.807) is 4.90 Å². The van der Waals surface area contributed by atoms with Crippen molar-refractivity contribution in [3.8, 4) is 0 Å². The third-order valence-corrected chi connectivity index (χ3v) is 3.44. The summed E-state index contributed by atoms with van der Waals surface area (Å²) in [5, 5.41) is 2.90. The summed E-state index contributed by atoms with van der Waals surface area (Å²) in [5.74, 6) is 0. The molecule has 0 saturated heterocycles. The van der Waals surface area contributed by atoms with Gasteiger partial charge < -0.3 is 16.0 Å². The molecule has 0 aliphatic rings. The predicted octanol–water partition coefficient (Wildman–Crippen LogP) is 2.67. The first kappa shape index (κ1) is 14.5. The number of hydrogen-bond donors (Lipinski definition) is 2. The minimum atomic E-state index is -0.298. The summed E-state index contributed by atoms with van der Waals surface area (Å²) < 4.78 is 0. The molecule has 0 aromatic heterocycles. The van der Waals surface area contributed by atoms with Crippen molar-refractivity contribution >= 4 is 11.7 Å². The zero-order valence-electron chi connectivity index (χ0n) is 11.4. The number of nitrogens with two attached hydrogens (primary N) is 1. The van der Waals surface area contributed by atoms with Gasteiger partial charge in [0.15, 0.2) is 0 Å². The molecule has 1 rings (SSSR count). The van der Waals surface area contributed by atoms with Crippen LogP contribution in [0.2, 0.25) is 0 Å². The molecular weight excluding hydrogens is 226 g/mol. The summed E-state index contributed by atoms with van der Waals surface area (Å²) in [5.41, 5.74) is 6.31. The smallest absolute Gasteiger partial charge is 0.322 e. The highest BCUT2D eigenvalue weighted by atomic mass is 16.2. The van der Waals surface area contributed by atoms with Gasteiger partial charge in [-0.15, -0.1) is 0 Å². The van der Waals surface area contributed by atoms with Crippen LogP contribution in [-0.2, 0) is 0 Å². The van der Waals surface area contributed by atoms with E-state index in [-0.39, 0.29) is 11.6 Å². The second-order valence-corrected chi connectivity index (χ2v) is 4.60. The Morgan fingerprint density at radius 3 is 2.39 bits per heavy atom. The van der Waals surface area contributed by atoms with Crippen LogP contribution in [0, 0.1) is 0 Å². The zero-order chi connectivity index (χ0) is 13.6. The number of para-hydroxylation sites is 1. The van der Waals surface area contributed by atoms with E-state index in [1.165, 1.54) is 0 Å². The third-order valence-electron chi connectivity index (χ3n) is 3.44. The van der Waals surface area contributed by atoms with Crippen molar-refractivity contribution in [3.63, 3.8) is 0 Å². The Bertz CT molecular complexity index is 374. The SMILES string of the molecule is CCN(C(=O)Nc1ccccc1)C(C)(CC)CN. The van der Waals surface area contributed by atoms with Crippen molar-refractivity contribution in [1.82, 2.24) is 4.90 Å². The van der Waals surface area contributed by atoms with Gasteiger partial charge in [-0.25, -0.2) is 4.79 Å². The number of anilines is 1. The second kappa shape index (κ2) is 6.40. The molecule has 1 atom stereocenters. The van der Waals surface area contributed by atoms with Gasteiger partial charge in [0, 0.05) is 18.8 Å². The van der Waals surface area contributed by atoms with E-state index in [0.717, 1.165) is 12.1 Å².